The summed E-state index contributed by atoms with van der Waals surface area (Å²) in [4.78, 5) is 9.93. The lowest BCUT2D eigenvalue weighted by molar-refractivity contribution is -0.275. The van der Waals surface area contributed by atoms with Crippen molar-refractivity contribution in [3.63, 3.8) is 0 Å². The number of nitrogens with zero attached hydrogens (tertiary/aromatic N) is 5. The van der Waals surface area contributed by atoms with E-state index < -0.39 is 29.6 Å². The lowest BCUT2D eigenvalue weighted by Crippen LogP contribution is -2.41. The van der Waals surface area contributed by atoms with Crippen molar-refractivity contribution in [2.75, 3.05) is 11.9 Å². The summed E-state index contributed by atoms with van der Waals surface area (Å²) >= 11 is 0. The van der Waals surface area contributed by atoms with Crippen LogP contribution in [0.3, 0.4) is 0 Å². The van der Waals surface area contributed by atoms with E-state index in [9.17, 15) is 22.7 Å². The van der Waals surface area contributed by atoms with E-state index in [2.05, 4.69) is 19.8 Å². The van der Waals surface area contributed by atoms with Crippen molar-refractivity contribution in [1.82, 2.24) is 19.6 Å². The Morgan fingerprint density at radius 2 is 1.90 bits per heavy atom. The van der Waals surface area contributed by atoms with Gasteiger partial charge in [0, 0.05) is 18.8 Å². The summed E-state index contributed by atoms with van der Waals surface area (Å²) in [5.41, 5.74) is -0.519. The second-order valence-electron chi connectivity index (χ2n) is 7.13. The lowest BCUT2D eigenvalue weighted by atomic mass is 9.90. The fourth-order valence-corrected chi connectivity index (χ4v) is 3.29. The Kier molecular flexibility index (Phi) is 5.11. The summed E-state index contributed by atoms with van der Waals surface area (Å²) in [6, 6.07) is 3.93. The number of halogens is 4. The van der Waals surface area contributed by atoms with Crippen molar-refractivity contribution in [1.29, 1.82) is 0 Å². The second-order valence-corrected chi connectivity index (χ2v) is 7.13. The van der Waals surface area contributed by atoms with E-state index in [1.165, 1.54) is 30.8 Å². The maximum Gasteiger partial charge on any atom is 0.573 e. The van der Waals surface area contributed by atoms with Gasteiger partial charge in [0.15, 0.2) is 11.6 Å². The molecule has 7 nitrogen and oxygen atoms in total. The van der Waals surface area contributed by atoms with Gasteiger partial charge in [-0.25, -0.2) is 9.37 Å². The van der Waals surface area contributed by atoms with E-state index in [4.69, 9.17) is 0 Å². The molecule has 0 unspecified atom stereocenters. The maximum absolute atomic E-state index is 14.3. The van der Waals surface area contributed by atoms with Crippen LogP contribution in [-0.4, -0.2) is 43.7 Å². The highest BCUT2D eigenvalue weighted by molar-refractivity contribution is 5.50. The molecular weight excluding hydrogens is 394 g/mol. The van der Waals surface area contributed by atoms with Crippen LogP contribution in [0.4, 0.5) is 23.4 Å². The van der Waals surface area contributed by atoms with Crippen LogP contribution in [-0.2, 0) is 0 Å². The minimum atomic E-state index is -5.01. The number of aryl methyl sites for hydroxylation is 1. The van der Waals surface area contributed by atoms with E-state index in [-0.39, 0.29) is 5.56 Å². The standard InChI is InChI=1S/C18H19F4N5O2/c1-10-7-14(27-16(25-10)23-9-24-27)26(4)15(17(2,3)28)11-5-6-13(12(19)8-11)29-18(20,21)22/h5-9,15,28H,1-4H3/t15-/m0/s1. The Balaban J connectivity index is 2.07. The Morgan fingerprint density at radius 3 is 2.48 bits per heavy atom. The highest BCUT2D eigenvalue weighted by atomic mass is 19.4. The van der Waals surface area contributed by atoms with Crippen LogP contribution < -0.4 is 9.64 Å². The van der Waals surface area contributed by atoms with Crippen molar-refractivity contribution >= 4 is 11.6 Å². The van der Waals surface area contributed by atoms with E-state index in [0.29, 0.717) is 17.3 Å². The van der Waals surface area contributed by atoms with Gasteiger partial charge >= 0.3 is 6.36 Å². The highest BCUT2D eigenvalue weighted by Crippen LogP contribution is 2.36. The number of aliphatic hydroxyl groups is 1. The molecule has 1 atom stereocenters. The molecule has 0 bridgehead atoms. The first-order chi connectivity index (χ1) is 13.4. The fourth-order valence-electron chi connectivity index (χ4n) is 3.29. The smallest absolute Gasteiger partial charge is 0.403 e. The fraction of sp³-hybridized carbons (Fsp3) is 0.389. The molecule has 2 heterocycles. The molecule has 11 heteroatoms. The quantitative estimate of drug-likeness (QED) is 0.646. The van der Waals surface area contributed by atoms with Gasteiger partial charge in [-0.2, -0.15) is 14.6 Å². The lowest BCUT2D eigenvalue weighted by Gasteiger charge is -2.38. The largest absolute Gasteiger partial charge is 0.573 e. The molecular formula is C18H19F4N5O2. The van der Waals surface area contributed by atoms with E-state index in [1.807, 2.05) is 0 Å². The molecule has 156 valence electrons. The van der Waals surface area contributed by atoms with Crippen LogP contribution in [0.5, 0.6) is 5.75 Å². The van der Waals surface area contributed by atoms with Crippen molar-refractivity contribution in [2.45, 2.75) is 38.8 Å². The summed E-state index contributed by atoms with van der Waals surface area (Å²) in [6.07, 6.45) is -3.69. The number of rotatable bonds is 5. The molecule has 0 saturated heterocycles. The van der Waals surface area contributed by atoms with Gasteiger partial charge < -0.3 is 14.7 Å². The Hall–Kier alpha value is -2.95. The summed E-state index contributed by atoms with van der Waals surface area (Å²) in [5, 5.41) is 14.9. The first-order valence-electron chi connectivity index (χ1n) is 8.54. The topological polar surface area (TPSA) is 75.8 Å². The first-order valence-corrected chi connectivity index (χ1v) is 8.54. The van der Waals surface area contributed by atoms with E-state index in [0.717, 1.165) is 12.1 Å². The molecule has 1 N–H and O–H groups in total. The Bertz CT molecular complexity index is 1030. The third kappa shape index (κ3) is 4.39. The Morgan fingerprint density at radius 1 is 1.21 bits per heavy atom. The summed E-state index contributed by atoms with van der Waals surface area (Å²) in [5.74, 6) is -1.30. The first kappa shape index (κ1) is 20.8. The molecule has 3 aromatic rings. The predicted octanol–water partition coefficient (Wildman–Crippen LogP) is 3.42. The number of hydrogen-bond donors (Lipinski definition) is 1. The predicted molar refractivity (Wildman–Crippen MR) is 96.0 cm³/mol. The van der Waals surface area contributed by atoms with Crippen LogP contribution >= 0.6 is 0 Å². The minimum absolute atomic E-state index is 0.245. The minimum Gasteiger partial charge on any atom is -0.403 e. The van der Waals surface area contributed by atoms with Gasteiger partial charge in [0.25, 0.3) is 5.78 Å². The molecule has 0 fully saturated rings. The van der Waals surface area contributed by atoms with Gasteiger partial charge in [0.2, 0.25) is 0 Å². The van der Waals surface area contributed by atoms with Crippen LogP contribution in [0, 0.1) is 12.7 Å². The van der Waals surface area contributed by atoms with Gasteiger partial charge in [-0.3, -0.25) is 0 Å². The number of hydrogen-bond acceptors (Lipinski definition) is 6. The zero-order valence-electron chi connectivity index (χ0n) is 16.1. The van der Waals surface area contributed by atoms with Crippen LogP contribution in [0.25, 0.3) is 5.78 Å². The number of likely N-dealkylation sites (N-methyl/N-ethyl adjacent to an activating group) is 1. The number of anilines is 1. The molecule has 0 saturated carbocycles. The molecule has 0 amide bonds. The van der Waals surface area contributed by atoms with Crippen LogP contribution in [0.15, 0.2) is 30.6 Å². The Labute approximate surface area is 163 Å². The average Bonchev–Trinajstić information content (AvgIpc) is 3.02. The van der Waals surface area contributed by atoms with Gasteiger partial charge in [0.05, 0.1) is 11.6 Å². The number of benzene rings is 1. The molecule has 0 aliphatic carbocycles. The molecule has 2 aromatic heterocycles. The molecule has 0 spiro atoms. The monoisotopic (exact) mass is 413 g/mol. The average molecular weight is 413 g/mol. The number of fused-ring (bicyclic) bond motifs is 1. The van der Waals surface area contributed by atoms with Crippen LogP contribution in [0.2, 0.25) is 0 Å². The molecule has 0 radical (unpaired) electrons. The second kappa shape index (κ2) is 7.14. The summed E-state index contributed by atoms with van der Waals surface area (Å²) < 4.78 is 56.7. The van der Waals surface area contributed by atoms with Crippen molar-refractivity contribution < 1.29 is 27.4 Å². The van der Waals surface area contributed by atoms with Crippen molar-refractivity contribution in [3.05, 3.63) is 47.7 Å². The molecule has 0 aliphatic rings. The third-order valence-electron chi connectivity index (χ3n) is 4.28. The van der Waals surface area contributed by atoms with Gasteiger partial charge in [-0.1, -0.05) is 6.07 Å². The highest BCUT2D eigenvalue weighted by Gasteiger charge is 2.36. The maximum atomic E-state index is 14.3. The molecule has 1 aromatic carbocycles. The zero-order valence-corrected chi connectivity index (χ0v) is 16.1. The summed E-state index contributed by atoms with van der Waals surface area (Å²) in [7, 11) is 1.65. The van der Waals surface area contributed by atoms with E-state index >= 15 is 0 Å². The van der Waals surface area contributed by atoms with Gasteiger partial charge in [0.1, 0.15) is 12.1 Å². The molecule has 29 heavy (non-hydrogen) atoms. The molecule has 3 rings (SSSR count). The summed E-state index contributed by atoms with van der Waals surface area (Å²) in [6.45, 7) is 4.78. The van der Waals surface area contributed by atoms with Crippen molar-refractivity contribution in [2.24, 2.45) is 0 Å². The van der Waals surface area contributed by atoms with Gasteiger partial charge in [-0.15, -0.1) is 13.2 Å². The number of alkyl halides is 3. The van der Waals surface area contributed by atoms with Crippen LogP contribution in [0.1, 0.15) is 31.1 Å². The molecule has 0 aliphatic heterocycles. The van der Waals surface area contributed by atoms with E-state index in [1.54, 1.807) is 24.9 Å². The normalized spacial score (nSPS) is 13.6. The zero-order chi connectivity index (χ0) is 21.6. The third-order valence-corrected chi connectivity index (χ3v) is 4.28. The van der Waals surface area contributed by atoms with Gasteiger partial charge in [-0.05, 0) is 38.5 Å². The SMILES string of the molecule is Cc1cc(N(C)[C@@H](c2ccc(OC(F)(F)F)c(F)c2)C(C)(C)O)n2ncnc2n1. The van der Waals surface area contributed by atoms with Crippen molar-refractivity contribution in [3.8, 4) is 5.75 Å². The number of aromatic nitrogens is 4. The number of ether oxygens (including phenoxy) is 1.